The van der Waals surface area contributed by atoms with Gasteiger partial charge in [0.15, 0.2) is 0 Å². The first-order valence-electron chi connectivity index (χ1n) is 7.56. The Hall–Kier alpha value is -1.86. The van der Waals surface area contributed by atoms with Crippen molar-refractivity contribution in [3.63, 3.8) is 0 Å². The second-order valence-corrected chi connectivity index (χ2v) is 5.81. The first-order chi connectivity index (χ1) is 9.90. The van der Waals surface area contributed by atoms with Crippen molar-refractivity contribution in [3.8, 4) is 0 Å². The molecule has 1 saturated heterocycles. The molecule has 1 aliphatic rings. The highest BCUT2D eigenvalue weighted by atomic mass is 14.9. The second-order valence-electron chi connectivity index (χ2n) is 5.81. The molecule has 1 unspecified atom stereocenters. The zero-order valence-corrected chi connectivity index (χ0v) is 11.6. The van der Waals surface area contributed by atoms with Crippen molar-refractivity contribution in [1.82, 2.24) is 5.32 Å². The van der Waals surface area contributed by atoms with Crippen molar-refractivity contribution < 1.29 is 0 Å². The first kappa shape index (κ1) is 11.9. The Morgan fingerprint density at radius 1 is 0.750 bits per heavy atom. The van der Waals surface area contributed by atoms with Gasteiger partial charge in [0.2, 0.25) is 0 Å². The van der Waals surface area contributed by atoms with E-state index in [9.17, 15) is 0 Å². The van der Waals surface area contributed by atoms with Gasteiger partial charge < -0.3 is 5.32 Å². The minimum absolute atomic E-state index is 0.541. The third-order valence-corrected chi connectivity index (χ3v) is 4.44. The monoisotopic (exact) mass is 261 g/mol. The van der Waals surface area contributed by atoms with Crippen LogP contribution in [0.5, 0.6) is 0 Å². The average Bonchev–Trinajstić information content (AvgIpc) is 2.53. The Morgan fingerprint density at radius 2 is 1.50 bits per heavy atom. The van der Waals surface area contributed by atoms with E-state index in [1.807, 2.05) is 0 Å². The molecule has 1 atom stereocenters. The van der Waals surface area contributed by atoms with Gasteiger partial charge in [-0.2, -0.15) is 0 Å². The van der Waals surface area contributed by atoms with E-state index in [4.69, 9.17) is 0 Å². The topological polar surface area (TPSA) is 12.0 Å². The van der Waals surface area contributed by atoms with Crippen LogP contribution in [0.2, 0.25) is 0 Å². The molecular formula is C19H19N. The van der Waals surface area contributed by atoms with Gasteiger partial charge in [-0.1, -0.05) is 42.8 Å². The lowest BCUT2D eigenvalue weighted by molar-refractivity contribution is 0.412. The van der Waals surface area contributed by atoms with Crippen molar-refractivity contribution in [3.05, 3.63) is 60.2 Å². The first-order valence-corrected chi connectivity index (χ1v) is 7.56. The third kappa shape index (κ3) is 2.08. The molecule has 1 fully saturated rings. The fourth-order valence-corrected chi connectivity index (χ4v) is 3.31. The summed E-state index contributed by atoms with van der Waals surface area (Å²) in [5, 5.41) is 8.98. The fourth-order valence-electron chi connectivity index (χ4n) is 3.31. The summed E-state index contributed by atoms with van der Waals surface area (Å²) in [5.74, 6) is 0. The van der Waals surface area contributed by atoms with Gasteiger partial charge in [0.1, 0.15) is 0 Å². The van der Waals surface area contributed by atoms with E-state index < -0.39 is 0 Å². The molecule has 0 radical (unpaired) electrons. The lowest BCUT2D eigenvalue weighted by Crippen LogP contribution is -2.26. The van der Waals surface area contributed by atoms with Crippen LogP contribution in [0, 0.1) is 0 Å². The molecule has 1 N–H and O–H groups in total. The SMILES string of the molecule is c1ccc2cc3cc(C4CCCCN4)ccc3cc2c1. The zero-order chi connectivity index (χ0) is 13.4. The highest BCUT2D eigenvalue weighted by molar-refractivity contribution is 5.98. The molecule has 1 nitrogen and oxygen atoms in total. The summed E-state index contributed by atoms with van der Waals surface area (Å²) < 4.78 is 0. The van der Waals surface area contributed by atoms with E-state index in [2.05, 4.69) is 59.9 Å². The van der Waals surface area contributed by atoms with E-state index >= 15 is 0 Å². The van der Waals surface area contributed by atoms with E-state index in [1.165, 1.54) is 46.4 Å². The van der Waals surface area contributed by atoms with E-state index in [-0.39, 0.29) is 0 Å². The standard InChI is InChI=1S/C19H19N/c1-2-6-15-12-18-13-17(19-7-3-4-10-20-19)9-8-16(18)11-14(15)5-1/h1-2,5-6,8-9,11-13,19-20H,3-4,7,10H2. The normalized spacial score (nSPS) is 19.5. The summed E-state index contributed by atoms with van der Waals surface area (Å²) in [4.78, 5) is 0. The van der Waals surface area contributed by atoms with Crippen LogP contribution in [0.15, 0.2) is 54.6 Å². The van der Waals surface area contributed by atoms with Crippen molar-refractivity contribution in [2.24, 2.45) is 0 Å². The molecule has 0 amide bonds. The number of piperidine rings is 1. The van der Waals surface area contributed by atoms with Gasteiger partial charge in [-0.05, 0) is 64.7 Å². The Labute approximate surface area is 119 Å². The summed E-state index contributed by atoms with van der Waals surface area (Å²) in [6.45, 7) is 1.15. The molecule has 4 rings (SSSR count). The second kappa shape index (κ2) is 4.92. The molecule has 0 saturated carbocycles. The van der Waals surface area contributed by atoms with Crippen LogP contribution in [0.4, 0.5) is 0 Å². The number of hydrogen-bond acceptors (Lipinski definition) is 1. The van der Waals surface area contributed by atoms with Crippen LogP contribution in [0.25, 0.3) is 21.5 Å². The summed E-state index contributed by atoms with van der Waals surface area (Å²) in [6.07, 6.45) is 3.92. The van der Waals surface area contributed by atoms with Gasteiger partial charge in [0, 0.05) is 6.04 Å². The predicted molar refractivity (Wildman–Crippen MR) is 86.0 cm³/mol. The van der Waals surface area contributed by atoms with Crippen molar-refractivity contribution in [2.75, 3.05) is 6.54 Å². The Morgan fingerprint density at radius 3 is 2.25 bits per heavy atom. The van der Waals surface area contributed by atoms with Gasteiger partial charge in [-0.15, -0.1) is 0 Å². The van der Waals surface area contributed by atoms with Crippen LogP contribution in [0.3, 0.4) is 0 Å². The van der Waals surface area contributed by atoms with Crippen LogP contribution in [-0.2, 0) is 0 Å². The van der Waals surface area contributed by atoms with Crippen molar-refractivity contribution in [1.29, 1.82) is 0 Å². The summed E-state index contributed by atoms with van der Waals surface area (Å²) in [7, 11) is 0. The Balaban J connectivity index is 1.83. The number of benzene rings is 3. The lowest BCUT2D eigenvalue weighted by Gasteiger charge is -2.24. The highest BCUT2D eigenvalue weighted by Gasteiger charge is 2.14. The van der Waals surface area contributed by atoms with Gasteiger partial charge in [0.25, 0.3) is 0 Å². The molecule has 0 aromatic heterocycles. The maximum atomic E-state index is 3.64. The van der Waals surface area contributed by atoms with Crippen molar-refractivity contribution in [2.45, 2.75) is 25.3 Å². The Bertz CT molecular complexity index is 754. The number of rotatable bonds is 1. The maximum Gasteiger partial charge on any atom is 0.0320 e. The molecule has 3 aromatic rings. The number of fused-ring (bicyclic) bond motifs is 2. The average molecular weight is 261 g/mol. The summed E-state index contributed by atoms with van der Waals surface area (Å²) in [6, 6.07) is 20.7. The minimum atomic E-state index is 0.541. The number of hydrogen-bond donors (Lipinski definition) is 1. The van der Waals surface area contributed by atoms with Gasteiger partial charge in [-0.3, -0.25) is 0 Å². The van der Waals surface area contributed by atoms with E-state index in [0.29, 0.717) is 6.04 Å². The lowest BCUT2D eigenvalue weighted by atomic mass is 9.94. The summed E-state index contributed by atoms with van der Waals surface area (Å²) in [5.41, 5.74) is 1.44. The van der Waals surface area contributed by atoms with Crippen LogP contribution >= 0.6 is 0 Å². The van der Waals surface area contributed by atoms with Crippen LogP contribution in [-0.4, -0.2) is 6.54 Å². The third-order valence-electron chi connectivity index (χ3n) is 4.44. The summed E-state index contributed by atoms with van der Waals surface area (Å²) >= 11 is 0. The van der Waals surface area contributed by atoms with E-state index in [1.54, 1.807) is 0 Å². The van der Waals surface area contributed by atoms with Gasteiger partial charge in [-0.25, -0.2) is 0 Å². The van der Waals surface area contributed by atoms with E-state index in [0.717, 1.165) is 6.54 Å². The predicted octanol–water partition coefficient (Wildman–Crippen LogP) is 4.81. The van der Waals surface area contributed by atoms with Gasteiger partial charge >= 0.3 is 0 Å². The quantitative estimate of drug-likeness (QED) is 0.620. The smallest absolute Gasteiger partial charge is 0.0320 e. The zero-order valence-electron chi connectivity index (χ0n) is 11.6. The molecule has 20 heavy (non-hydrogen) atoms. The highest BCUT2D eigenvalue weighted by Crippen LogP contribution is 2.28. The molecular weight excluding hydrogens is 242 g/mol. The molecule has 3 aromatic carbocycles. The maximum absolute atomic E-state index is 3.64. The molecule has 0 bridgehead atoms. The molecule has 100 valence electrons. The van der Waals surface area contributed by atoms with Crippen LogP contribution in [0.1, 0.15) is 30.9 Å². The molecule has 1 aliphatic heterocycles. The molecule has 0 aliphatic carbocycles. The number of nitrogens with one attached hydrogen (secondary N) is 1. The molecule has 1 heterocycles. The van der Waals surface area contributed by atoms with Crippen LogP contribution < -0.4 is 5.32 Å². The fraction of sp³-hybridized carbons (Fsp3) is 0.263. The Kier molecular flexibility index (Phi) is 2.93. The van der Waals surface area contributed by atoms with Gasteiger partial charge in [0.05, 0.1) is 0 Å². The largest absolute Gasteiger partial charge is 0.310 e. The molecule has 1 heteroatoms. The molecule has 0 spiro atoms. The minimum Gasteiger partial charge on any atom is -0.310 e. The van der Waals surface area contributed by atoms with Crippen molar-refractivity contribution >= 4 is 21.5 Å².